The molecule has 1 heterocycles. The van der Waals surface area contributed by atoms with Gasteiger partial charge in [0.15, 0.2) is 0 Å². The molecule has 4 nitrogen and oxygen atoms in total. The predicted molar refractivity (Wildman–Crippen MR) is 83.3 cm³/mol. The highest BCUT2D eigenvalue weighted by Crippen LogP contribution is 2.40. The van der Waals surface area contributed by atoms with Crippen LogP contribution in [0.25, 0.3) is 0 Å². The Bertz CT molecular complexity index is 482. The van der Waals surface area contributed by atoms with Crippen molar-refractivity contribution in [3.63, 3.8) is 0 Å². The molecule has 0 amide bonds. The standard InChI is InChI=1S/C16H26N4/c1-4-17-14-11(3)15(18-13-7-5-6-10(13)2)20-16(19-14)12-8-9-12/h10,12-13H,4-9H2,1-3H3,(H2,17,18,19,20). The van der Waals surface area contributed by atoms with Gasteiger partial charge in [-0.2, -0.15) is 0 Å². The summed E-state index contributed by atoms with van der Waals surface area (Å²) in [6.45, 7) is 7.48. The molecule has 0 spiro atoms. The second kappa shape index (κ2) is 5.58. The van der Waals surface area contributed by atoms with Crippen molar-refractivity contribution in [1.29, 1.82) is 0 Å². The molecule has 110 valence electrons. The predicted octanol–water partition coefficient (Wildman–Crippen LogP) is 3.69. The minimum absolute atomic E-state index is 0.574. The Labute approximate surface area is 121 Å². The first kappa shape index (κ1) is 13.7. The number of hydrogen-bond acceptors (Lipinski definition) is 4. The van der Waals surface area contributed by atoms with Gasteiger partial charge in [0.1, 0.15) is 17.5 Å². The highest BCUT2D eigenvalue weighted by molar-refractivity contribution is 5.58. The van der Waals surface area contributed by atoms with Gasteiger partial charge in [0, 0.05) is 24.1 Å². The monoisotopic (exact) mass is 274 g/mol. The summed E-state index contributed by atoms with van der Waals surface area (Å²) in [6.07, 6.45) is 6.41. The van der Waals surface area contributed by atoms with Gasteiger partial charge in [0.05, 0.1) is 0 Å². The number of rotatable bonds is 5. The minimum atomic E-state index is 0.574. The SMILES string of the molecule is CCNc1nc(C2CC2)nc(NC2CCCC2C)c1C. The lowest BCUT2D eigenvalue weighted by Crippen LogP contribution is -2.24. The zero-order valence-electron chi connectivity index (χ0n) is 12.9. The van der Waals surface area contributed by atoms with Crippen LogP contribution in [-0.2, 0) is 0 Å². The molecule has 0 aliphatic heterocycles. The molecule has 4 heteroatoms. The van der Waals surface area contributed by atoms with Crippen LogP contribution in [0.3, 0.4) is 0 Å². The number of nitrogens with zero attached hydrogens (tertiary/aromatic N) is 2. The maximum atomic E-state index is 4.81. The van der Waals surface area contributed by atoms with Crippen LogP contribution in [0.4, 0.5) is 11.6 Å². The van der Waals surface area contributed by atoms with E-state index in [-0.39, 0.29) is 0 Å². The number of anilines is 2. The molecule has 2 N–H and O–H groups in total. The van der Waals surface area contributed by atoms with Gasteiger partial charge in [0.25, 0.3) is 0 Å². The summed E-state index contributed by atoms with van der Waals surface area (Å²) in [6, 6.07) is 0.574. The molecule has 2 unspecified atom stereocenters. The van der Waals surface area contributed by atoms with Crippen molar-refractivity contribution < 1.29 is 0 Å². The Morgan fingerprint density at radius 1 is 1.10 bits per heavy atom. The van der Waals surface area contributed by atoms with Gasteiger partial charge < -0.3 is 10.6 Å². The second-order valence-electron chi connectivity index (χ2n) is 6.37. The first-order valence-electron chi connectivity index (χ1n) is 8.08. The van der Waals surface area contributed by atoms with Crippen LogP contribution in [0.5, 0.6) is 0 Å². The van der Waals surface area contributed by atoms with Crippen molar-refractivity contribution in [1.82, 2.24) is 9.97 Å². The lowest BCUT2D eigenvalue weighted by Gasteiger charge is -2.21. The quantitative estimate of drug-likeness (QED) is 0.859. The number of hydrogen-bond donors (Lipinski definition) is 2. The van der Waals surface area contributed by atoms with E-state index < -0.39 is 0 Å². The fourth-order valence-corrected chi connectivity index (χ4v) is 3.07. The van der Waals surface area contributed by atoms with Crippen LogP contribution in [0.2, 0.25) is 0 Å². The van der Waals surface area contributed by atoms with Gasteiger partial charge in [-0.05, 0) is 45.4 Å². The van der Waals surface area contributed by atoms with E-state index in [9.17, 15) is 0 Å². The van der Waals surface area contributed by atoms with E-state index in [2.05, 4.69) is 31.4 Å². The third-order valence-electron chi connectivity index (χ3n) is 4.63. The normalized spacial score (nSPS) is 25.8. The molecule has 3 rings (SSSR count). The first-order chi connectivity index (χ1) is 9.69. The Hall–Kier alpha value is -1.32. The Morgan fingerprint density at radius 3 is 2.45 bits per heavy atom. The molecule has 0 radical (unpaired) electrons. The number of aromatic nitrogens is 2. The number of nitrogens with one attached hydrogen (secondary N) is 2. The van der Waals surface area contributed by atoms with Gasteiger partial charge in [-0.25, -0.2) is 9.97 Å². The summed E-state index contributed by atoms with van der Waals surface area (Å²) in [4.78, 5) is 9.53. The molecule has 2 aliphatic rings. The van der Waals surface area contributed by atoms with Gasteiger partial charge in [-0.1, -0.05) is 13.3 Å². The Kier molecular flexibility index (Phi) is 3.81. The highest BCUT2D eigenvalue weighted by atomic mass is 15.1. The maximum absolute atomic E-state index is 4.81. The highest BCUT2D eigenvalue weighted by Gasteiger charge is 2.29. The fourth-order valence-electron chi connectivity index (χ4n) is 3.07. The molecular weight excluding hydrogens is 248 g/mol. The van der Waals surface area contributed by atoms with Crippen LogP contribution in [0.1, 0.15) is 63.3 Å². The van der Waals surface area contributed by atoms with E-state index in [0.717, 1.165) is 35.5 Å². The lowest BCUT2D eigenvalue weighted by atomic mass is 10.1. The van der Waals surface area contributed by atoms with Crippen molar-refractivity contribution in [2.75, 3.05) is 17.2 Å². The molecule has 1 aromatic heterocycles. The van der Waals surface area contributed by atoms with E-state index >= 15 is 0 Å². The smallest absolute Gasteiger partial charge is 0.136 e. The van der Waals surface area contributed by atoms with Crippen LogP contribution in [-0.4, -0.2) is 22.6 Å². The molecule has 2 fully saturated rings. The Balaban J connectivity index is 1.87. The van der Waals surface area contributed by atoms with Gasteiger partial charge in [-0.3, -0.25) is 0 Å². The summed E-state index contributed by atoms with van der Waals surface area (Å²) < 4.78 is 0. The molecular formula is C16H26N4. The summed E-state index contributed by atoms with van der Waals surface area (Å²) >= 11 is 0. The van der Waals surface area contributed by atoms with Gasteiger partial charge >= 0.3 is 0 Å². The van der Waals surface area contributed by atoms with Crippen LogP contribution < -0.4 is 10.6 Å². The summed E-state index contributed by atoms with van der Waals surface area (Å²) in [7, 11) is 0. The maximum Gasteiger partial charge on any atom is 0.136 e. The molecule has 2 aliphatic carbocycles. The molecule has 20 heavy (non-hydrogen) atoms. The van der Waals surface area contributed by atoms with Crippen LogP contribution >= 0.6 is 0 Å². The van der Waals surface area contributed by atoms with E-state index in [4.69, 9.17) is 9.97 Å². The van der Waals surface area contributed by atoms with Crippen molar-refractivity contribution in [2.45, 2.75) is 64.8 Å². The topological polar surface area (TPSA) is 49.8 Å². The molecule has 0 bridgehead atoms. The lowest BCUT2D eigenvalue weighted by molar-refractivity contribution is 0.554. The van der Waals surface area contributed by atoms with Crippen molar-refractivity contribution >= 4 is 11.6 Å². The summed E-state index contributed by atoms with van der Waals surface area (Å²) in [5.41, 5.74) is 1.16. The summed E-state index contributed by atoms with van der Waals surface area (Å²) in [5, 5.41) is 7.07. The van der Waals surface area contributed by atoms with E-state index in [1.54, 1.807) is 0 Å². The molecule has 2 saturated carbocycles. The van der Waals surface area contributed by atoms with Crippen LogP contribution in [0.15, 0.2) is 0 Å². The van der Waals surface area contributed by atoms with Crippen molar-refractivity contribution in [2.24, 2.45) is 5.92 Å². The molecule has 0 aromatic carbocycles. The van der Waals surface area contributed by atoms with Crippen LogP contribution in [0, 0.1) is 12.8 Å². The third-order valence-corrected chi connectivity index (χ3v) is 4.63. The largest absolute Gasteiger partial charge is 0.370 e. The first-order valence-corrected chi connectivity index (χ1v) is 8.08. The zero-order valence-corrected chi connectivity index (χ0v) is 12.9. The van der Waals surface area contributed by atoms with E-state index in [0.29, 0.717) is 12.0 Å². The fraction of sp³-hybridized carbons (Fsp3) is 0.750. The third kappa shape index (κ3) is 2.74. The average Bonchev–Trinajstić information content (AvgIpc) is 3.20. The molecule has 1 aromatic rings. The summed E-state index contributed by atoms with van der Waals surface area (Å²) in [5.74, 6) is 4.43. The van der Waals surface area contributed by atoms with Crippen molar-refractivity contribution in [3.8, 4) is 0 Å². The van der Waals surface area contributed by atoms with Gasteiger partial charge in [-0.15, -0.1) is 0 Å². The Morgan fingerprint density at radius 2 is 1.85 bits per heavy atom. The van der Waals surface area contributed by atoms with Crippen molar-refractivity contribution in [3.05, 3.63) is 11.4 Å². The minimum Gasteiger partial charge on any atom is -0.370 e. The average molecular weight is 274 g/mol. The van der Waals surface area contributed by atoms with E-state index in [1.807, 2.05) is 0 Å². The molecule has 0 saturated heterocycles. The molecule has 2 atom stereocenters. The second-order valence-corrected chi connectivity index (χ2v) is 6.37. The van der Waals surface area contributed by atoms with E-state index in [1.165, 1.54) is 32.1 Å². The zero-order chi connectivity index (χ0) is 14.1. The van der Waals surface area contributed by atoms with Gasteiger partial charge in [0.2, 0.25) is 0 Å².